The highest BCUT2D eigenvalue weighted by atomic mass is 79.9. The number of Topliss-reactive ketones (excluding diaryl/α,β-unsaturated/α-hetero) is 1. The van der Waals surface area contributed by atoms with Gasteiger partial charge in [0.1, 0.15) is 0 Å². The number of hydrogen-bond acceptors (Lipinski definition) is 2. The monoisotopic (exact) mass is 426 g/mol. The van der Waals surface area contributed by atoms with Gasteiger partial charge in [-0.3, -0.25) is 4.79 Å². The van der Waals surface area contributed by atoms with Crippen LogP contribution in [0.5, 0.6) is 0 Å². The molecule has 2 aromatic rings. The second-order valence-electron chi connectivity index (χ2n) is 3.55. The molecule has 1 aromatic heterocycles. The Morgan fingerprint density at radius 3 is 2.61 bits per heavy atom. The van der Waals surface area contributed by atoms with Crippen LogP contribution in [-0.4, -0.2) is 5.78 Å². The molecule has 0 bridgehead atoms. The van der Waals surface area contributed by atoms with Crippen molar-refractivity contribution in [3.05, 3.63) is 53.0 Å². The lowest BCUT2D eigenvalue weighted by atomic mass is 10.1. The number of carbonyl (C=O) groups is 1. The first-order valence-corrected chi connectivity index (χ1v) is 8.06. The van der Waals surface area contributed by atoms with Gasteiger partial charge in [-0.05, 0) is 49.6 Å². The van der Waals surface area contributed by atoms with Crippen LogP contribution in [0.2, 0.25) is 10.0 Å². The van der Waals surface area contributed by atoms with E-state index >= 15 is 0 Å². The van der Waals surface area contributed by atoms with Crippen molar-refractivity contribution >= 4 is 72.2 Å². The maximum atomic E-state index is 12.1. The fraction of sp³-hybridized carbons (Fsp3) is 0.0833. The van der Waals surface area contributed by atoms with Gasteiger partial charge < -0.3 is 0 Å². The van der Waals surface area contributed by atoms with Gasteiger partial charge in [0.15, 0.2) is 5.78 Å². The van der Waals surface area contributed by atoms with Crippen LogP contribution in [0, 0.1) is 0 Å². The molecule has 1 heterocycles. The summed E-state index contributed by atoms with van der Waals surface area (Å²) in [6.45, 7) is 0. The van der Waals surface area contributed by atoms with Crippen molar-refractivity contribution in [3.8, 4) is 0 Å². The topological polar surface area (TPSA) is 17.1 Å². The second-order valence-corrected chi connectivity index (χ2v) is 7.55. The molecular formula is C12H6Br2Cl2OS. The summed E-state index contributed by atoms with van der Waals surface area (Å²) >= 11 is 20.1. The lowest BCUT2D eigenvalue weighted by Gasteiger charge is -2.03. The zero-order valence-corrected chi connectivity index (χ0v) is 14.3. The van der Waals surface area contributed by atoms with Crippen molar-refractivity contribution in [1.82, 2.24) is 0 Å². The molecule has 94 valence electrons. The Balaban J connectivity index is 2.24. The number of halogens is 4. The largest absolute Gasteiger partial charge is 0.293 e. The predicted octanol–water partition coefficient (Wildman–Crippen LogP) is 6.01. The first-order chi connectivity index (χ1) is 8.49. The van der Waals surface area contributed by atoms with Gasteiger partial charge in [0, 0.05) is 10.9 Å². The van der Waals surface area contributed by atoms with Crippen molar-refractivity contribution in [2.45, 2.75) is 6.42 Å². The lowest BCUT2D eigenvalue weighted by Crippen LogP contribution is -2.01. The minimum Gasteiger partial charge on any atom is -0.293 e. The molecule has 2 rings (SSSR count). The van der Waals surface area contributed by atoms with Crippen LogP contribution >= 0.6 is 66.4 Å². The minimum absolute atomic E-state index is 0.0237. The molecule has 18 heavy (non-hydrogen) atoms. The number of carbonyl (C=O) groups excluding carboxylic acids is 1. The summed E-state index contributed by atoms with van der Waals surface area (Å²) in [7, 11) is 0. The molecule has 0 aliphatic heterocycles. The lowest BCUT2D eigenvalue weighted by molar-refractivity contribution is 0.0997. The second kappa shape index (κ2) is 6.06. The van der Waals surface area contributed by atoms with E-state index in [4.69, 9.17) is 23.2 Å². The molecule has 0 N–H and O–H groups in total. The standard InChI is InChI=1S/C12H6Br2Cl2OS/c13-7-5-10(18-12(7)14)9(17)4-6-2-1-3-8(15)11(6)16/h1-3,5H,4H2. The van der Waals surface area contributed by atoms with Gasteiger partial charge in [-0.15, -0.1) is 11.3 Å². The zero-order valence-electron chi connectivity index (χ0n) is 8.84. The molecule has 0 atom stereocenters. The normalized spacial score (nSPS) is 10.7. The van der Waals surface area contributed by atoms with Crippen LogP contribution in [0.25, 0.3) is 0 Å². The van der Waals surface area contributed by atoms with E-state index in [1.165, 1.54) is 11.3 Å². The summed E-state index contributed by atoms with van der Waals surface area (Å²) in [5.41, 5.74) is 0.745. The molecule has 0 spiro atoms. The number of ketones is 1. The maximum absolute atomic E-state index is 12.1. The molecule has 0 fully saturated rings. The SMILES string of the molecule is O=C(Cc1cccc(Cl)c1Cl)c1cc(Br)c(Br)s1. The van der Waals surface area contributed by atoms with Crippen LogP contribution in [0.4, 0.5) is 0 Å². The highest BCUT2D eigenvalue weighted by Crippen LogP contribution is 2.33. The fourth-order valence-electron chi connectivity index (χ4n) is 1.43. The molecule has 1 aromatic carbocycles. The molecule has 0 aliphatic rings. The van der Waals surface area contributed by atoms with Gasteiger partial charge in [0.2, 0.25) is 0 Å². The Hall–Kier alpha value is 0.130. The average molecular weight is 429 g/mol. The van der Waals surface area contributed by atoms with Crippen molar-refractivity contribution in [1.29, 1.82) is 0 Å². The van der Waals surface area contributed by atoms with Gasteiger partial charge in [-0.25, -0.2) is 0 Å². The van der Waals surface area contributed by atoms with Gasteiger partial charge >= 0.3 is 0 Å². The van der Waals surface area contributed by atoms with Crippen molar-refractivity contribution in [3.63, 3.8) is 0 Å². The van der Waals surface area contributed by atoms with E-state index in [0.29, 0.717) is 14.9 Å². The average Bonchev–Trinajstić information content (AvgIpc) is 2.66. The first kappa shape index (κ1) is 14.5. The molecule has 0 unspecified atom stereocenters. The third-order valence-corrected chi connectivity index (χ3v) is 6.46. The molecule has 0 aliphatic carbocycles. The summed E-state index contributed by atoms with van der Waals surface area (Å²) in [5, 5.41) is 0.915. The van der Waals surface area contributed by atoms with Gasteiger partial charge in [-0.1, -0.05) is 35.3 Å². The van der Waals surface area contributed by atoms with Gasteiger partial charge in [-0.2, -0.15) is 0 Å². The Morgan fingerprint density at radius 1 is 1.28 bits per heavy atom. The fourth-order valence-corrected chi connectivity index (χ4v) is 3.79. The van der Waals surface area contributed by atoms with Crippen LogP contribution in [-0.2, 0) is 6.42 Å². The highest BCUT2D eigenvalue weighted by molar-refractivity contribution is 9.13. The minimum atomic E-state index is 0.0237. The number of thiophene rings is 1. The van der Waals surface area contributed by atoms with Gasteiger partial charge in [0.05, 0.1) is 18.7 Å². The van der Waals surface area contributed by atoms with Gasteiger partial charge in [0.25, 0.3) is 0 Å². The Labute approximate surface area is 135 Å². The van der Waals surface area contributed by atoms with E-state index in [9.17, 15) is 4.79 Å². The highest BCUT2D eigenvalue weighted by Gasteiger charge is 2.15. The van der Waals surface area contributed by atoms with E-state index in [2.05, 4.69) is 31.9 Å². The Kier molecular flexibility index (Phi) is 4.89. The molecule has 1 nitrogen and oxygen atoms in total. The number of benzene rings is 1. The summed E-state index contributed by atoms with van der Waals surface area (Å²) in [5.74, 6) is 0.0237. The number of hydrogen-bond donors (Lipinski definition) is 0. The third-order valence-electron chi connectivity index (χ3n) is 2.30. The van der Waals surface area contributed by atoms with E-state index in [0.717, 1.165) is 13.8 Å². The summed E-state index contributed by atoms with van der Waals surface area (Å²) in [6.07, 6.45) is 0.249. The smallest absolute Gasteiger partial charge is 0.177 e. The zero-order chi connectivity index (χ0) is 13.3. The van der Waals surface area contributed by atoms with Crippen molar-refractivity contribution in [2.24, 2.45) is 0 Å². The third kappa shape index (κ3) is 3.17. The van der Waals surface area contributed by atoms with E-state index in [1.54, 1.807) is 18.2 Å². The van der Waals surface area contributed by atoms with Crippen molar-refractivity contribution in [2.75, 3.05) is 0 Å². The number of rotatable bonds is 3. The molecule has 0 saturated carbocycles. The van der Waals surface area contributed by atoms with Crippen molar-refractivity contribution < 1.29 is 4.79 Å². The van der Waals surface area contributed by atoms with Crippen LogP contribution in [0.15, 0.2) is 32.5 Å². The van der Waals surface area contributed by atoms with E-state index < -0.39 is 0 Å². The Morgan fingerprint density at radius 2 is 2.00 bits per heavy atom. The van der Waals surface area contributed by atoms with E-state index in [-0.39, 0.29) is 12.2 Å². The molecular weight excluding hydrogens is 423 g/mol. The summed E-state index contributed by atoms with van der Waals surface area (Å²) in [4.78, 5) is 12.8. The van der Waals surface area contributed by atoms with Crippen LogP contribution < -0.4 is 0 Å². The quantitative estimate of drug-likeness (QED) is 0.547. The van der Waals surface area contributed by atoms with E-state index in [1.807, 2.05) is 6.07 Å². The van der Waals surface area contributed by atoms with Crippen LogP contribution in [0.1, 0.15) is 15.2 Å². The molecule has 6 heteroatoms. The van der Waals surface area contributed by atoms with Crippen LogP contribution in [0.3, 0.4) is 0 Å². The Bertz CT molecular complexity index is 591. The molecule has 0 saturated heterocycles. The molecule has 0 amide bonds. The first-order valence-electron chi connectivity index (χ1n) is 4.90. The molecule has 0 radical (unpaired) electrons. The summed E-state index contributed by atoms with van der Waals surface area (Å²) < 4.78 is 1.79. The summed E-state index contributed by atoms with van der Waals surface area (Å²) in [6, 6.07) is 7.10. The predicted molar refractivity (Wildman–Crippen MR) is 84.2 cm³/mol. The maximum Gasteiger partial charge on any atom is 0.177 e.